The largest absolute Gasteiger partial charge is 0.396 e. The Bertz CT molecular complexity index is 359. The van der Waals surface area contributed by atoms with Crippen molar-refractivity contribution < 1.29 is 20.4 Å². The van der Waals surface area contributed by atoms with Gasteiger partial charge in [-0.1, -0.05) is 26.7 Å². The van der Waals surface area contributed by atoms with Crippen molar-refractivity contribution in [3.05, 3.63) is 0 Å². The van der Waals surface area contributed by atoms with Gasteiger partial charge < -0.3 is 20.4 Å². The summed E-state index contributed by atoms with van der Waals surface area (Å²) in [6.07, 6.45) is 13.3. The second-order valence-electron chi connectivity index (χ2n) is 10.0. The molecule has 3 rings (SSSR count). The summed E-state index contributed by atoms with van der Waals surface area (Å²) in [7, 11) is 0. The van der Waals surface area contributed by atoms with Crippen molar-refractivity contribution in [1.29, 1.82) is 0 Å². The lowest BCUT2D eigenvalue weighted by Crippen LogP contribution is -2.38. The molecule has 2 atom stereocenters. The first kappa shape index (κ1) is 23.1. The molecule has 27 heavy (non-hydrogen) atoms. The molecule has 0 aromatic rings. The predicted molar refractivity (Wildman–Crippen MR) is 109 cm³/mol. The van der Waals surface area contributed by atoms with E-state index in [0.717, 1.165) is 50.4 Å². The normalized spacial score (nSPS) is 38.0. The SMILES string of the molecule is CC(C)(C1CCC(O)CC1)C1CCC(O)CC1.OCC1CCCCC1CO. The van der Waals surface area contributed by atoms with Crippen molar-refractivity contribution in [2.24, 2.45) is 29.1 Å². The van der Waals surface area contributed by atoms with E-state index in [1.54, 1.807) is 0 Å². The molecule has 4 nitrogen and oxygen atoms in total. The van der Waals surface area contributed by atoms with E-state index in [1.807, 2.05) is 0 Å². The van der Waals surface area contributed by atoms with E-state index in [1.165, 1.54) is 38.5 Å². The zero-order valence-corrected chi connectivity index (χ0v) is 17.7. The highest BCUT2D eigenvalue weighted by Crippen LogP contribution is 2.48. The van der Waals surface area contributed by atoms with E-state index in [4.69, 9.17) is 10.2 Å². The average Bonchev–Trinajstić information content (AvgIpc) is 2.69. The van der Waals surface area contributed by atoms with Crippen LogP contribution in [-0.2, 0) is 0 Å². The highest BCUT2D eigenvalue weighted by Gasteiger charge is 2.39. The first-order valence-corrected chi connectivity index (χ1v) is 11.5. The maximum absolute atomic E-state index is 9.60. The topological polar surface area (TPSA) is 80.9 Å². The monoisotopic (exact) mass is 384 g/mol. The predicted octanol–water partition coefficient (Wildman–Crippen LogP) is 3.89. The van der Waals surface area contributed by atoms with Crippen molar-refractivity contribution >= 4 is 0 Å². The molecule has 0 spiro atoms. The molecular formula is C23H44O4. The Balaban J connectivity index is 0.000000223. The van der Waals surface area contributed by atoms with Crippen molar-refractivity contribution in [3.8, 4) is 0 Å². The Morgan fingerprint density at radius 1 is 0.593 bits per heavy atom. The third-order valence-electron chi connectivity index (χ3n) is 8.03. The molecular weight excluding hydrogens is 340 g/mol. The molecule has 4 N–H and O–H groups in total. The lowest BCUT2D eigenvalue weighted by molar-refractivity contribution is 0.00233. The molecule has 0 aromatic carbocycles. The zero-order valence-electron chi connectivity index (χ0n) is 17.7. The zero-order chi connectivity index (χ0) is 19.9. The summed E-state index contributed by atoms with van der Waals surface area (Å²) in [5, 5.41) is 37.0. The van der Waals surface area contributed by atoms with Crippen LogP contribution >= 0.6 is 0 Å². The maximum Gasteiger partial charge on any atom is 0.0540 e. The molecule has 0 saturated heterocycles. The van der Waals surface area contributed by atoms with Crippen LogP contribution in [-0.4, -0.2) is 45.8 Å². The Hall–Kier alpha value is -0.160. The smallest absolute Gasteiger partial charge is 0.0540 e. The van der Waals surface area contributed by atoms with Gasteiger partial charge in [0.15, 0.2) is 0 Å². The van der Waals surface area contributed by atoms with Crippen molar-refractivity contribution in [2.75, 3.05) is 13.2 Å². The van der Waals surface area contributed by atoms with Gasteiger partial charge in [0.2, 0.25) is 0 Å². The van der Waals surface area contributed by atoms with Crippen LogP contribution < -0.4 is 0 Å². The molecule has 160 valence electrons. The minimum atomic E-state index is -0.0461. The van der Waals surface area contributed by atoms with Crippen LogP contribution in [0, 0.1) is 29.1 Å². The molecule has 3 aliphatic carbocycles. The molecule has 2 unspecified atom stereocenters. The fourth-order valence-corrected chi connectivity index (χ4v) is 5.74. The first-order valence-electron chi connectivity index (χ1n) is 11.5. The lowest BCUT2D eigenvalue weighted by Gasteiger charge is -2.46. The van der Waals surface area contributed by atoms with Gasteiger partial charge in [0.25, 0.3) is 0 Å². The third-order valence-corrected chi connectivity index (χ3v) is 8.03. The van der Waals surface area contributed by atoms with E-state index < -0.39 is 0 Å². The highest BCUT2D eigenvalue weighted by atomic mass is 16.3. The molecule has 0 bridgehead atoms. The van der Waals surface area contributed by atoms with Gasteiger partial charge in [-0.25, -0.2) is 0 Å². The van der Waals surface area contributed by atoms with E-state index in [9.17, 15) is 10.2 Å². The summed E-state index contributed by atoms with van der Waals surface area (Å²) < 4.78 is 0. The number of hydrogen-bond donors (Lipinski definition) is 4. The van der Waals surface area contributed by atoms with Crippen LogP contribution in [0.3, 0.4) is 0 Å². The minimum absolute atomic E-state index is 0.0461. The van der Waals surface area contributed by atoms with E-state index >= 15 is 0 Å². The summed E-state index contributed by atoms with van der Waals surface area (Å²) >= 11 is 0. The Labute approximate surface area is 166 Å². The van der Waals surface area contributed by atoms with Gasteiger partial charge >= 0.3 is 0 Å². The maximum atomic E-state index is 9.60. The van der Waals surface area contributed by atoms with Crippen LogP contribution in [0.25, 0.3) is 0 Å². The number of rotatable bonds is 4. The highest BCUT2D eigenvalue weighted by molar-refractivity contribution is 4.90. The van der Waals surface area contributed by atoms with Gasteiger partial charge in [0.05, 0.1) is 12.2 Å². The van der Waals surface area contributed by atoms with Crippen molar-refractivity contribution in [2.45, 2.75) is 103 Å². The number of aliphatic hydroxyl groups is 4. The van der Waals surface area contributed by atoms with Gasteiger partial charge in [0.1, 0.15) is 0 Å². The number of aliphatic hydroxyl groups excluding tert-OH is 4. The molecule has 0 aromatic heterocycles. The number of hydrogen-bond acceptors (Lipinski definition) is 4. The fourth-order valence-electron chi connectivity index (χ4n) is 5.74. The average molecular weight is 385 g/mol. The van der Waals surface area contributed by atoms with Crippen molar-refractivity contribution in [3.63, 3.8) is 0 Å². The van der Waals surface area contributed by atoms with Crippen LogP contribution in [0.4, 0.5) is 0 Å². The summed E-state index contributed by atoms with van der Waals surface area (Å²) in [5.74, 6) is 2.29. The Kier molecular flexibility index (Phi) is 9.54. The van der Waals surface area contributed by atoms with E-state index in [2.05, 4.69) is 13.8 Å². The van der Waals surface area contributed by atoms with Crippen LogP contribution in [0.2, 0.25) is 0 Å². The second-order valence-corrected chi connectivity index (χ2v) is 10.0. The van der Waals surface area contributed by atoms with Gasteiger partial charge in [-0.3, -0.25) is 0 Å². The third kappa shape index (κ3) is 6.69. The quantitative estimate of drug-likeness (QED) is 0.593. The van der Waals surface area contributed by atoms with Crippen LogP contribution in [0.5, 0.6) is 0 Å². The molecule has 3 aliphatic rings. The molecule has 0 aliphatic heterocycles. The van der Waals surface area contributed by atoms with E-state index in [-0.39, 0.29) is 25.4 Å². The van der Waals surface area contributed by atoms with Gasteiger partial charge in [-0.2, -0.15) is 0 Å². The summed E-state index contributed by atoms with van der Waals surface area (Å²) in [4.78, 5) is 0. The Morgan fingerprint density at radius 2 is 0.926 bits per heavy atom. The van der Waals surface area contributed by atoms with Crippen LogP contribution in [0.15, 0.2) is 0 Å². The van der Waals surface area contributed by atoms with E-state index in [0.29, 0.717) is 17.3 Å². The first-order chi connectivity index (χ1) is 12.9. The van der Waals surface area contributed by atoms with Gasteiger partial charge in [-0.15, -0.1) is 0 Å². The molecule has 0 heterocycles. The van der Waals surface area contributed by atoms with Gasteiger partial charge in [-0.05, 0) is 93.3 Å². The minimum Gasteiger partial charge on any atom is -0.396 e. The summed E-state index contributed by atoms with van der Waals surface area (Å²) in [6, 6.07) is 0. The van der Waals surface area contributed by atoms with Crippen molar-refractivity contribution in [1.82, 2.24) is 0 Å². The molecule has 4 heteroatoms. The second kappa shape index (κ2) is 11.1. The molecule has 0 radical (unpaired) electrons. The molecule has 3 fully saturated rings. The Morgan fingerprint density at radius 3 is 1.22 bits per heavy atom. The molecule has 3 saturated carbocycles. The fraction of sp³-hybridized carbons (Fsp3) is 1.00. The lowest BCUT2D eigenvalue weighted by atomic mass is 9.60. The van der Waals surface area contributed by atoms with Crippen LogP contribution in [0.1, 0.15) is 90.9 Å². The summed E-state index contributed by atoms with van der Waals surface area (Å²) in [5.41, 5.74) is 0.389. The standard InChI is InChI=1S/C15H28O2.C8H16O2/c1-15(2,11-3-7-13(16)8-4-11)12-5-9-14(17)10-6-12;9-5-7-3-1-2-4-8(7)6-10/h11-14,16-17H,3-10H2,1-2H3;7-10H,1-6H2. The molecule has 0 amide bonds. The summed E-state index contributed by atoms with van der Waals surface area (Å²) in [6.45, 7) is 5.34. The van der Waals surface area contributed by atoms with Gasteiger partial charge in [0, 0.05) is 13.2 Å².